The van der Waals surface area contributed by atoms with E-state index in [9.17, 15) is 4.39 Å². The minimum absolute atomic E-state index is 0.0113. The van der Waals surface area contributed by atoms with Crippen LogP contribution in [0.4, 0.5) is 4.39 Å². The molecule has 0 aliphatic carbocycles. The summed E-state index contributed by atoms with van der Waals surface area (Å²) in [7, 11) is 0. The van der Waals surface area contributed by atoms with Gasteiger partial charge in [-0.3, -0.25) is 0 Å². The van der Waals surface area contributed by atoms with Crippen LogP contribution in [0.25, 0.3) is 0 Å². The largest absolute Gasteiger partial charge is 0.327 e. The Morgan fingerprint density at radius 1 is 1.40 bits per heavy atom. The fourth-order valence-electron chi connectivity index (χ4n) is 1.43. The minimum atomic E-state index is -0.172. The highest BCUT2D eigenvalue weighted by Crippen LogP contribution is 2.10. The van der Waals surface area contributed by atoms with Gasteiger partial charge in [0.2, 0.25) is 0 Å². The molecule has 1 atom stereocenters. The van der Waals surface area contributed by atoms with Crippen LogP contribution >= 0.6 is 0 Å². The van der Waals surface area contributed by atoms with Crippen LogP contribution in [0.15, 0.2) is 24.3 Å². The molecular formula is C13H16FN. The maximum absolute atomic E-state index is 13.3. The van der Waals surface area contributed by atoms with Crippen molar-refractivity contribution >= 4 is 0 Å². The molecule has 0 aliphatic heterocycles. The van der Waals surface area contributed by atoms with Gasteiger partial charge in [0.25, 0.3) is 0 Å². The Hall–Kier alpha value is -1.33. The third kappa shape index (κ3) is 4.14. The Bertz CT molecular complexity index is 362. The molecule has 0 heterocycles. The lowest BCUT2D eigenvalue weighted by atomic mass is 10.0. The number of rotatable bonds is 4. The molecule has 0 saturated heterocycles. The number of halogens is 1. The van der Waals surface area contributed by atoms with Gasteiger partial charge < -0.3 is 5.73 Å². The number of hydrogen-bond donors (Lipinski definition) is 1. The molecule has 80 valence electrons. The highest BCUT2D eigenvalue weighted by Gasteiger charge is 2.06. The lowest BCUT2D eigenvalue weighted by Gasteiger charge is -2.10. The smallest absolute Gasteiger partial charge is 0.126 e. The first-order valence-corrected chi connectivity index (χ1v) is 5.12. The Balaban J connectivity index is 2.46. The quantitative estimate of drug-likeness (QED) is 0.751. The van der Waals surface area contributed by atoms with Crippen molar-refractivity contribution < 1.29 is 4.39 Å². The molecule has 2 heteroatoms. The maximum atomic E-state index is 13.3. The topological polar surface area (TPSA) is 26.0 Å². The molecule has 0 saturated carbocycles. The first-order chi connectivity index (χ1) is 7.24. The van der Waals surface area contributed by atoms with Crippen molar-refractivity contribution in [1.82, 2.24) is 0 Å². The van der Waals surface area contributed by atoms with E-state index >= 15 is 0 Å². The second kappa shape index (κ2) is 6.21. The van der Waals surface area contributed by atoms with Crippen LogP contribution in [-0.2, 0) is 6.42 Å². The summed E-state index contributed by atoms with van der Waals surface area (Å²) in [6, 6.07) is 6.75. The molecule has 1 unspecified atom stereocenters. The second-order valence-corrected chi connectivity index (χ2v) is 3.52. The molecule has 0 spiro atoms. The minimum Gasteiger partial charge on any atom is -0.327 e. The molecule has 1 aromatic rings. The van der Waals surface area contributed by atoms with E-state index in [1.54, 1.807) is 12.1 Å². The SMILES string of the molecule is CC#CCCC(N)Cc1ccccc1F. The summed E-state index contributed by atoms with van der Waals surface area (Å²) < 4.78 is 13.3. The lowest BCUT2D eigenvalue weighted by molar-refractivity contribution is 0.571. The average Bonchev–Trinajstić information content (AvgIpc) is 2.22. The Morgan fingerprint density at radius 2 is 2.13 bits per heavy atom. The standard InChI is InChI=1S/C13H16FN/c1-2-3-4-8-12(15)10-11-7-5-6-9-13(11)14/h5-7,9,12H,4,8,10,15H2,1H3. The van der Waals surface area contributed by atoms with Crippen LogP contribution in [-0.4, -0.2) is 6.04 Å². The molecule has 0 radical (unpaired) electrons. The third-order valence-corrected chi connectivity index (χ3v) is 2.26. The average molecular weight is 205 g/mol. The number of nitrogens with two attached hydrogens (primary N) is 1. The summed E-state index contributed by atoms with van der Waals surface area (Å²) in [4.78, 5) is 0. The van der Waals surface area contributed by atoms with E-state index in [1.165, 1.54) is 6.07 Å². The zero-order valence-corrected chi connectivity index (χ0v) is 8.96. The van der Waals surface area contributed by atoms with Crippen molar-refractivity contribution in [2.45, 2.75) is 32.2 Å². The molecule has 0 bridgehead atoms. The van der Waals surface area contributed by atoms with E-state index in [0.717, 1.165) is 12.8 Å². The zero-order valence-electron chi connectivity index (χ0n) is 8.96. The van der Waals surface area contributed by atoms with Crippen LogP contribution in [0.2, 0.25) is 0 Å². The molecule has 1 rings (SSSR count). The van der Waals surface area contributed by atoms with Gasteiger partial charge in [-0.05, 0) is 31.4 Å². The van der Waals surface area contributed by atoms with Crippen LogP contribution in [0.5, 0.6) is 0 Å². The Kier molecular flexibility index (Phi) is 4.86. The summed E-state index contributed by atoms with van der Waals surface area (Å²) in [6.45, 7) is 1.81. The molecule has 0 aromatic heterocycles. The van der Waals surface area contributed by atoms with Crippen molar-refractivity contribution in [3.63, 3.8) is 0 Å². The molecule has 2 N–H and O–H groups in total. The monoisotopic (exact) mass is 205 g/mol. The van der Waals surface area contributed by atoms with E-state index in [2.05, 4.69) is 11.8 Å². The van der Waals surface area contributed by atoms with Crippen LogP contribution in [0.1, 0.15) is 25.3 Å². The van der Waals surface area contributed by atoms with E-state index < -0.39 is 0 Å². The summed E-state index contributed by atoms with van der Waals surface area (Å²) >= 11 is 0. The summed E-state index contributed by atoms with van der Waals surface area (Å²) in [5, 5.41) is 0. The van der Waals surface area contributed by atoms with Gasteiger partial charge >= 0.3 is 0 Å². The predicted octanol–water partition coefficient (Wildman–Crippen LogP) is 2.50. The van der Waals surface area contributed by atoms with Crippen LogP contribution in [0, 0.1) is 17.7 Å². The van der Waals surface area contributed by atoms with E-state index in [-0.39, 0.29) is 11.9 Å². The van der Waals surface area contributed by atoms with Crippen molar-refractivity contribution in [2.75, 3.05) is 0 Å². The normalized spacial score (nSPS) is 11.7. The highest BCUT2D eigenvalue weighted by atomic mass is 19.1. The Labute approximate surface area is 90.5 Å². The van der Waals surface area contributed by atoms with Crippen LogP contribution in [0.3, 0.4) is 0 Å². The van der Waals surface area contributed by atoms with Gasteiger partial charge in [-0.2, -0.15) is 0 Å². The van der Waals surface area contributed by atoms with Gasteiger partial charge in [0, 0.05) is 12.5 Å². The maximum Gasteiger partial charge on any atom is 0.126 e. The lowest BCUT2D eigenvalue weighted by Crippen LogP contribution is -2.22. The Morgan fingerprint density at radius 3 is 2.80 bits per heavy atom. The van der Waals surface area contributed by atoms with Crippen molar-refractivity contribution in [3.8, 4) is 11.8 Å². The fraction of sp³-hybridized carbons (Fsp3) is 0.385. The van der Waals surface area contributed by atoms with Gasteiger partial charge in [0.15, 0.2) is 0 Å². The van der Waals surface area contributed by atoms with Gasteiger partial charge in [-0.15, -0.1) is 11.8 Å². The van der Waals surface area contributed by atoms with Gasteiger partial charge in [0.1, 0.15) is 5.82 Å². The first-order valence-electron chi connectivity index (χ1n) is 5.12. The zero-order chi connectivity index (χ0) is 11.1. The van der Waals surface area contributed by atoms with Crippen molar-refractivity contribution in [1.29, 1.82) is 0 Å². The van der Waals surface area contributed by atoms with Gasteiger partial charge in [0.05, 0.1) is 0 Å². The fourth-order valence-corrected chi connectivity index (χ4v) is 1.43. The van der Waals surface area contributed by atoms with E-state index in [0.29, 0.717) is 12.0 Å². The molecule has 1 aromatic carbocycles. The van der Waals surface area contributed by atoms with E-state index in [4.69, 9.17) is 5.73 Å². The highest BCUT2D eigenvalue weighted by molar-refractivity contribution is 5.18. The molecular weight excluding hydrogens is 189 g/mol. The van der Waals surface area contributed by atoms with E-state index in [1.807, 2.05) is 13.0 Å². The third-order valence-electron chi connectivity index (χ3n) is 2.26. The molecule has 0 aliphatic rings. The van der Waals surface area contributed by atoms with Gasteiger partial charge in [-0.1, -0.05) is 18.2 Å². The van der Waals surface area contributed by atoms with Crippen molar-refractivity contribution in [3.05, 3.63) is 35.6 Å². The first kappa shape index (κ1) is 11.7. The van der Waals surface area contributed by atoms with Crippen molar-refractivity contribution in [2.24, 2.45) is 5.73 Å². The number of benzene rings is 1. The predicted molar refractivity (Wildman–Crippen MR) is 60.8 cm³/mol. The van der Waals surface area contributed by atoms with Gasteiger partial charge in [-0.25, -0.2) is 4.39 Å². The van der Waals surface area contributed by atoms with Crippen LogP contribution < -0.4 is 5.73 Å². The second-order valence-electron chi connectivity index (χ2n) is 3.52. The molecule has 0 amide bonds. The number of hydrogen-bond acceptors (Lipinski definition) is 1. The molecule has 0 fully saturated rings. The summed E-state index contributed by atoms with van der Waals surface area (Å²) in [5.41, 5.74) is 6.57. The molecule has 1 nitrogen and oxygen atoms in total. The molecule has 15 heavy (non-hydrogen) atoms. The summed E-state index contributed by atoms with van der Waals surface area (Å²) in [5.74, 6) is 5.60. The summed E-state index contributed by atoms with van der Waals surface area (Å²) in [6.07, 6.45) is 2.18.